The minimum atomic E-state index is -0.559. The first-order valence-electron chi connectivity index (χ1n) is 11.1. The minimum Gasteiger partial charge on any atom is -0.375 e. The minimum absolute atomic E-state index is 0.0218. The second kappa shape index (κ2) is 11.2. The van der Waals surface area contributed by atoms with E-state index in [9.17, 15) is 4.39 Å². The number of rotatable bonds is 7. The SMILES string of the molecule is NC(=S)NN=Cc1cc(F)c(N2CCN(Cc3ccccc3)C(Cc3ccccc3)C2)cc1F. The number of hydrogen-bond donors (Lipinski definition) is 2. The molecule has 0 saturated carbocycles. The third-order valence-corrected chi connectivity index (χ3v) is 6.02. The summed E-state index contributed by atoms with van der Waals surface area (Å²) in [5.74, 6) is -1.05. The predicted molar refractivity (Wildman–Crippen MR) is 137 cm³/mol. The second-order valence-electron chi connectivity index (χ2n) is 8.31. The van der Waals surface area contributed by atoms with Crippen molar-refractivity contribution in [1.29, 1.82) is 0 Å². The highest BCUT2D eigenvalue weighted by Crippen LogP contribution is 2.27. The number of hydrogen-bond acceptors (Lipinski definition) is 4. The fourth-order valence-corrected chi connectivity index (χ4v) is 4.33. The number of nitrogens with two attached hydrogens (primary N) is 1. The monoisotopic (exact) mass is 479 g/mol. The summed E-state index contributed by atoms with van der Waals surface area (Å²) in [6.07, 6.45) is 1.99. The molecule has 1 fully saturated rings. The van der Waals surface area contributed by atoms with Crippen molar-refractivity contribution in [3.05, 3.63) is 101 Å². The lowest BCUT2D eigenvalue weighted by molar-refractivity contribution is 0.166. The molecule has 1 aliphatic heterocycles. The molecule has 176 valence electrons. The maximum atomic E-state index is 15.0. The number of piperazine rings is 1. The van der Waals surface area contributed by atoms with Crippen LogP contribution in [0.4, 0.5) is 14.5 Å². The molecule has 3 aromatic rings. The molecule has 1 saturated heterocycles. The summed E-state index contributed by atoms with van der Waals surface area (Å²) >= 11 is 4.66. The Bertz CT molecular complexity index is 1140. The molecule has 1 unspecified atom stereocenters. The highest BCUT2D eigenvalue weighted by molar-refractivity contribution is 7.80. The van der Waals surface area contributed by atoms with Crippen molar-refractivity contribution < 1.29 is 8.78 Å². The number of nitrogens with one attached hydrogen (secondary N) is 1. The number of halogens is 2. The third-order valence-electron chi connectivity index (χ3n) is 5.93. The van der Waals surface area contributed by atoms with Gasteiger partial charge in [-0.05, 0) is 35.8 Å². The van der Waals surface area contributed by atoms with Crippen molar-refractivity contribution in [3.63, 3.8) is 0 Å². The molecule has 4 rings (SSSR count). The van der Waals surface area contributed by atoms with Gasteiger partial charge in [0.1, 0.15) is 11.6 Å². The van der Waals surface area contributed by atoms with Crippen molar-refractivity contribution in [2.75, 3.05) is 24.5 Å². The standard InChI is InChI=1S/C26H27F2N5S/c27-23-15-25(24(28)14-21(23)16-30-31-26(29)34)33-12-11-32(17-20-9-5-2-6-10-20)22(18-33)13-19-7-3-1-4-8-19/h1-10,14-16,22H,11-13,17-18H2,(H3,29,31,34). The van der Waals surface area contributed by atoms with Crippen molar-refractivity contribution in [2.24, 2.45) is 10.8 Å². The molecular weight excluding hydrogens is 452 g/mol. The van der Waals surface area contributed by atoms with E-state index < -0.39 is 11.6 Å². The van der Waals surface area contributed by atoms with Crippen LogP contribution in [0.3, 0.4) is 0 Å². The Morgan fingerprint density at radius 1 is 1.00 bits per heavy atom. The summed E-state index contributed by atoms with van der Waals surface area (Å²) in [5, 5.41) is 3.68. The average Bonchev–Trinajstić information content (AvgIpc) is 2.83. The molecule has 0 bridgehead atoms. The van der Waals surface area contributed by atoms with Crippen LogP contribution < -0.4 is 16.1 Å². The molecule has 0 radical (unpaired) electrons. The highest BCUT2D eigenvalue weighted by atomic mass is 32.1. The summed E-state index contributed by atoms with van der Waals surface area (Å²) in [5.41, 5.74) is 10.4. The lowest BCUT2D eigenvalue weighted by atomic mass is 10.0. The van der Waals surface area contributed by atoms with Gasteiger partial charge in [0.05, 0.1) is 11.9 Å². The van der Waals surface area contributed by atoms with Gasteiger partial charge >= 0.3 is 0 Å². The Morgan fingerprint density at radius 2 is 1.68 bits per heavy atom. The highest BCUT2D eigenvalue weighted by Gasteiger charge is 2.29. The van der Waals surface area contributed by atoms with Crippen LogP contribution in [0.5, 0.6) is 0 Å². The van der Waals surface area contributed by atoms with E-state index in [1.54, 1.807) is 0 Å². The van der Waals surface area contributed by atoms with Crippen LogP contribution in [-0.4, -0.2) is 41.9 Å². The molecule has 8 heteroatoms. The van der Waals surface area contributed by atoms with Crippen molar-refractivity contribution >= 4 is 29.2 Å². The van der Waals surface area contributed by atoms with E-state index in [4.69, 9.17) is 5.73 Å². The Labute approximate surface area is 203 Å². The number of hydrazone groups is 1. The van der Waals surface area contributed by atoms with Crippen molar-refractivity contribution in [2.45, 2.75) is 19.0 Å². The molecule has 0 aromatic heterocycles. The molecule has 0 aliphatic carbocycles. The van der Waals surface area contributed by atoms with Gasteiger partial charge in [-0.3, -0.25) is 10.3 Å². The zero-order valence-corrected chi connectivity index (χ0v) is 19.5. The Morgan fingerprint density at radius 3 is 2.35 bits per heavy atom. The molecule has 0 amide bonds. The maximum Gasteiger partial charge on any atom is 0.184 e. The summed E-state index contributed by atoms with van der Waals surface area (Å²) in [6.45, 7) is 2.75. The van der Waals surface area contributed by atoms with E-state index in [0.717, 1.165) is 31.8 Å². The van der Waals surface area contributed by atoms with Crippen LogP contribution in [-0.2, 0) is 13.0 Å². The smallest absolute Gasteiger partial charge is 0.184 e. The summed E-state index contributed by atoms with van der Waals surface area (Å²) in [6, 6.07) is 23.1. The van der Waals surface area contributed by atoms with Gasteiger partial charge in [-0.1, -0.05) is 60.7 Å². The molecule has 3 aromatic carbocycles. The van der Waals surface area contributed by atoms with Gasteiger partial charge < -0.3 is 10.6 Å². The van der Waals surface area contributed by atoms with Gasteiger partial charge in [-0.2, -0.15) is 5.10 Å². The van der Waals surface area contributed by atoms with Crippen LogP contribution >= 0.6 is 12.2 Å². The predicted octanol–water partition coefficient (Wildman–Crippen LogP) is 4.07. The number of benzene rings is 3. The van der Waals surface area contributed by atoms with Gasteiger partial charge in [0.15, 0.2) is 5.11 Å². The summed E-state index contributed by atoms with van der Waals surface area (Å²) in [4.78, 5) is 4.36. The normalized spacial score (nSPS) is 16.6. The third kappa shape index (κ3) is 6.15. The van der Waals surface area contributed by atoms with Gasteiger partial charge in [-0.15, -0.1) is 0 Å². The maximum absolute atomic E-state index is 15.0. The van der Waals surface area contributed by atoms with E-state index in [1.807, 2.05) is 41.3 Å². The Kier molecular flexibility index (Phi) is 7.82. The van der Waals surface area contributed by atoms with Crippen LogP contribution in [0, 0.1) is 11.6 Å². The van der Waals surface area contributed by atoms with Gasteiger partial charge in [-0.25, -0.2) is 8.78 Å². The van der Waals surface area contributed by atoms with Crippen LogP contribution in [0.25, 0.3) is 0 Å². The van der Waals surface area contributed by atoms with Crippen LogP contribution in [0.2, 0.25) is 0 Å². The number of anilines is 1. The fraction of sp³-hybridized carbons (Fsp3) is 0.231. The first-order chi connectivity index (χ1) is 16.5. The fourth-order valence-electron chi connectivity index (χ4n) is 4.28. The first kappa shape index (κ1) is 23.8. The average molecular weight is 480 g/mol. The molecular formula is C26H27F2N5S. The van der Waals surface area contributed by atoms with Gasteiger partial charge in [0.2, 0.25) is 0 Å². The number of nitrogens with zero attached hydrogens (tertiary/aromatic N) is 3. The van der Waals surface area contributed by atoms with Gasteiger partial charge in [0.25, 0.3) is 0 Å². The van der Waals surface area contributed by atoms with E-state index in [-0.39, 0.29) is 22.4 Å². The molecule has 3 N–H and O–H groups in total. The number of thiocarbonyl (C=S) groups is 1. The molecule has 0 spiro atoms. The largest absolute Gasteiger partial charge is 0.375 e. The Hall–Kier alpha value is -3.36. The van der Waals surface area contributed by atoms with E-state index in [1.165, 1.54) is 17.2 Å². The lowest BCUT2D eigenvalue weighted by Crippen LogP contribution is -2.54. The van der Waals surface area contributed by atoms with Crippen molar-refractivity contribution in [3.8, 4) is 0 Å². The van der Waals surface area contributed by atoms with E-state index in [2.05, 4.69) is 51.9 Å². The van der Waals surface area contributed by atoms with E-state index in [0.29, 0.717) is 13.1 Å². The molecule has 1 atom stereocenters. The summed E-state index contributed by atoms with van der Waals surface area (Å²) in [7, 11) is 0. The van der Waals surface area contributed by atoms with Crippen molar-refractivity contribution in [1.82, 2.24) is 10.3 Å². The first-order valence-corrected chi connectivity index (χ1v) is 11.5. The van der Waals surface area contributed by atoms with Gasteiger partial charge in [0, 0.05) is 43.9 Å². The second-order valence-corrected chi connectivity index (χ2v) is 8.74. The van der Waals surface area contributed by atoms with E-state index >= 15 is 4.39 Å². The molecule has 5 nitrogen and oxygen atoms in total. The molecule has 1 heterocycles. The zero-order chi connectivity index (χ0) is 23.9. The van der Waals surface area contributed by atoms with Crippen LogP contribution in [0.1, 0.15) is 16.7 Å². The molecule has 1 aliphatic rings. The zero-order valence-electron chi connectivity index (χ0n) is 18.7. The quantitative estimate of drug-likeness (QED) is 0.304. The molecule has 34 heavy (non-hydrogen) atoms. The Balaban J connectivity index is 1.55. The summed E-state index contributed by atoms with van der Waals surface area (Å²) < 4.78 is 29.8. The lowest BCUT2D eigenvalue weighted by Gasteiger charge is -2.43. The topological polar surface area (TPSA) is 56.9 Å². The van der Waals surface area contributed by atoms with Crippen LogP contribution in [0.15, 0.2) is 77.9 Å².